The second-order valence-electron chi connectivity index (χ2n) is 7.06. The van der Waals surface area contributed by atoms with Gasteiger partial charge in [-0.3, -0.25) is 4.79 Å². The third-order valence-corrected chi connectivity index (χ3v) is 6.16. The highest BCUT2D eigenvalue weighted by atomic mass is 79.9. The van der Waals surface area contributed by atoms with E-state index in [0.717, 1.165) is 33.4 Å². The lowest BCUT2D eigenvalue weighted by molar-refractivity contribution is -0.116. The van der Waals surface area contributed by atoms with Crippen LogP contribution in [0.4, 0.5) is 0 Å². The minimum atomic E-state index is -0.314. The number of hydrogen-bond acceptors (Lipinski definition) is 3. The van der Waals surface area contributed by atoms with Crippen molar-refractivity contribution < 1.29 is 4.79 Å². The van der Waals surface area contributed by atoms with Gasteiger partial charge in [-0.1, -0.05) is 64.5 Å². The Balaban J connectivity index is 1.82. The highest BCUT2D eigenvalue weighted by molar-refractivity contribution is 9.10. The van der Waals surface area contributed by atoms with E-state index < -0.39 is 0 Å². The molecule has 1 aliphatic heterocycles. The molecule has 4 heteroatoms. The summed E-state index contributed by atoms with van der Waals surface area (Å²) in [5.74, 6) is -0.0223. The van der Waals surface area contributed by atoms with Gasteiger partial charge in [0.05, 0.1) is 17.6 Å². The molecule has 0 radical (unpaired) electrons. The van der Waals surface area contributed by atoms with E-state index in [0.29, 0.717) is 12.0 Å². The standard InChI is InChI=1S/C23H19BrN2O/c1-14-18(13-25)22(17-9-5-6-10-19(17)24)23-20(26-14)11-16(12-21(23)27)15-7-3-2-4-8-15/h2-10,16,22,26H,11-12H2,1H3/t16-,22-/m1/s1. The topological polar surface area (TPSA) is 52.9 Å². The molecule has 2 aliphatic rings. The van der Waals surface area contributed by atoms with E-state index in [-0.39, 0.29) is 17.6 Å². The number of nitriles is 1. The van der Waals surface area contributed by atoms with Crippen molar-refractivity contribution in [2.45, 2.75) is 31.6 Å². The lowest BCUT2D eigenvalue weighted by Gasteiger charge is -2.36. The second kappa shape index (κ2) is 7.17. The summed E-state index contributed by atoms with van der Waals surface area (Å²) in [5, 5.41) is 13.2. The Bertz CT molecular complexity index is 1010. The van der Waals surface area contributed by atoms with Gasteiger partial charge in [-0.15, -0.1) is 0 Å². The van der Waals surface area contributed by atoms with Gasteiger partial charge in [0.25, 0.3) is 0 Å². The zero-order valence-corrected chi connectivity index (χ0v) is 16.6. The molecule has 2 aromatic rings. The number of halogens is 1. The van der Waals surface area contributed by atoms with Crippen molar-refractivity contribution >= 4 is 21.7 Å². The molecule has 0 amide bonds. The third kappa shape index (κ3) is 3.13. The van der Waals surface area contributed by atoms with E-state index in [2.05, 4.69) is 39.4 Å². The smallest absolute Gasteiger partial charge is 0.162 e. The predicted molar refractivity (Wildman–Crippen MR) is 109 cm³/mol. The maximum absolute atomic E-state index is 13.2. The highest BCUT2D eigenvalue weighted by Gasteiger charge is 2.39. The molecule has 27 heavy (non-hydrogen) atoms. The van der Waals surface area contributed by atoms with Gasteiger partial charge in [0.2, 0.25) is 0 Å². The van der Waals surface area contributed by atoms with Crippen LogP contribution in [0.2, 0.25) is 0 Å². The first kappa shape index (κ1) is 17.8. The number of allylic oxidation sites excluding steroid dienone is 4. The number of nitrogens with zero attached hydrogens (tertiary/aromatic N) is 1. The Labute approximate surface area is 167 Å². The van der Waals surface area contributed by atoms with E-state index in [9.17, 15) is 10.1 Å². The Morgan fingerprint density at radius 3 is 2.48 bits per heavy atom. The quantitative estimate of drug-likeness (QED) is 0.716. The van der Waals surface area contributed by atoms with Crippen molar-refractivity contribution in [1.82, 2.24) is 5.32 Å². The Hall–Kier alpha value is -2.64. The molecule has 0 saturated heterocycles. The largest absolute Gasteiger partial charge is 0.361 e. The zero-order chi connectivity index (χ0) is 19.0. The number of benzene rings is 2. The first-order valence-corrected chi connectivity index (χ1v) is 9.83. The fourth-order valence-electron chi connectivity index (χ4n) is 4.17. The summed E-state index contributed by atoms with van der Waals surface area (Å²) in [6.45, 7) is 1.92. The molecule has 1 heterocycles. The van der Waals surface area contributed by atoms with Crippen LogP contribution in [0, 0.1) is 11.3 Å². The average Bonchev–Trinajstić information content (AvgIpc) is 2.68. The first-order chi connectivity index (χ1) is 13.1. The molecule has 0 bridgehead atoms. The average molecular weight is 419 g/mol. The minimum Gasteiger partial charge on any atom is -0.361 e. The number of Topliss-reactive ketones (excluding diaryl/α,β-unsaturated/α-hetero) is 1. The van der Waals surface area contributed by atoms with Crippen molar-refractivity contribution in [3.63, 3.8) is 0 Å². The van der Waals surface area contributed by atoms with Crippen LogP contribution in [-0.2, 0) is 4.79 Å². The van der Waals surface area contributed by atoms with Gasteiger partial charge in [-0.2, -0.15) is 5.26 Å². The highest BCUT2D eigenvalue weighted by Crippen LogP contribution is 2.46. The van der Waals surface area contributed by atoms with E-state index in [1.165, 1.54) is 5.56 Å². The molecule has 0 aromatic heterocycles. The lowest BCUT2D eigenvalue weighted by Crippen LogP contribution is -2.33. The van der Waals surface area contributed by atoms with Gasteiger partial charge < -0.3 is 5.32 Å². The number of hydrogen-bond donors (Lipinski definition) is 1. The summed E-state index contributed by atoms with van der Waals surface area (Å²) in [4.78, 5) is 13.2. The summed E-state index contributed by atoms with van der Waals surface area (Å²) < 4.78 is 0.919. The van der Waals surface area contributed by atoms with Crippen LogP contribution in [0.5, 0.6) is 0 Å². The van der Waals surface area contributed by atoms with Crippen molar-refractivity contribution in [3.05, 3.63) is 92.7 Å². The number of carbonyl (C=O) groups excluding carboxylic acids is 1. The van der Waals surface area contributed by atoms with Crippen LogP contribution in [0.15, 0.2) is 81.6 Å². The molecule has 0 saturated carbocycles. The van der Waals surface area contributed by atoms with E-state index >= 15 is 0 Å². The summed E-state index contributed by atoms with van der Waals surface area (Å²) in [7, 11) is 0. The number of rotatable bonds is 2. The summed E-state index contributed by atoms with van der Waals surface area (Å²) in [6.07, 6.45) is 1.26. The fraction of sp³-hybridized carbons (Fsp3) is 0.217. The Kier molecular flexibility index (Phi) is 4.72. The van der Waals surface area contributed by atoms with Crippen molar-refractivity contribution in [1.29, 1.82) is 5.26 Å². The van der Waals surface area contributed by atoms with Gasteiger partial charge in [-0.25, -0.2) is 0 Å². The normalized spacial score (nSPS) is 22.2. The predicted octanol–water partition coefficient (Wildman–Crippen LogP) is 5.33. The Morgan fingerprint density at radius 1 is 1.07 bits per heavy atom. The lowest BCUT2D eigenvalue weighted by atomic mass is 9.72. The van der Waals surface area contributed by atoms with E-state index in [1.807, 2.05) is 49.4 Å². The maximum atomic E-state index is 13.2. The van der Waals surface area contributed by atoms with Gasteiger partial charge in [0.15, 0.2) is 5.78 Å². The molecule has 3 nitrogen and oxygen atoms in total. The van der Waals surface area contributed by atoms with Crippen molar-refractivity contribution in [2.24, 2.45) is 0 Å². The van der Waals surface area contributed by atoms with Gasteiger partial charge in [-0.05, 0) is 36.5 Å². The van der Waals surface area contributed by atoms with Gasteiger partial charge >= 0.3 is 0 Å². The van der Waals surface area contributed by atoms with Crippen LogP contribution < -0.4 is 5.32 Å². The molecule has 0 spiro atoms. The van der Waals surface area contributed by atoms with Crippen LogP contribution in [0.1, 0.15) is 42.7 Å². The molecule has 1 N–H and O–H groups in total. The van der Waals surface area contributed by atoms with Crippen LogP contribution >= 0.6 is 15.9 Å². The first-order valence-electron chi connectivity index (χ1n) is 9.03. The van der Waals surface area contributed by atoms with E-state index in [4.69, 9.17) is 0 Å². The minimum absolute atomic E-state index is 0.124. The second-order valence-corrected chi connectivity index (χ2v) is 7.92. The fourth-order valence-corrected chi connectivity index (χ4v) is 4.68. The van der Waals surface area contributed by atoms with Crippen LogP contribution in [0.3, 0.4) is 0 Å². The molecule has 2 atom stereocenters. The summed E-state index contributed by atoms with van der Waals surface area (Å²) in [6, 6.07) is 20.4. The molecule has 1 aliphatic carbocycles. The summed E-state index contributed by atoms with van der Waals surface area (Å²) >= 11 is 3.61. The monoisotopic (exact) mass is 418 g/mol. The Morgan fingerprint density at radius 2 is 1.78 bits per heavy atom. The molecule has 0 unspecified atom stereocenters. The number of carbonyl (C=O) groups is 1. The van der Waals surface area contributed by atoms with Gasteiger partial charge in [0, 0.05) is 27.9 Å². The molecule has 2 aromatic carbocycles. The third-order valence-electron chi connectivity index (χ3n) is 5.44. The molecular weight excluding hydrogens is 400 g/mol. The zero-order valence-electron chi connectivity index (χ0n) is 15.0. The number of nitrogens with one attached hydrogen (secondary N) is 1. The van der Waals surface area contributed by atoms with Gasteiger partial charge in [0.1, 0.15) is 0 Å². The summed E-state index contributed by atoms with van der Waals surface area (Å²) in [5.41, 5.74) is 5.30. The SMILES string of the molecule is CC1=C(C#N)[C@@H](c2ccccc2Br)C2=C(C[C@@H](c3ccccc3)CC2=O)N1. The molecule has 134 valence electrons. The number of ketones is 1. The maximum Gasteiger partial charge on any atom is 0.162 e. The van der Waals surface area contributed by atoms with Crippen LogP contribution in [0.25, 0.3) is 0 Å². The molecule has 4 rings (SSSR count). The molecular formula is C23H19BrN2O. The van der Waals surface area contributed by atoms with Crippen molar-refractivity contribution in [3.8, 4) is 6.07 Å². The van der Waals surface area contributed by atoms with Crippen LogP contribution in [-0.4, -0.2) is 5.78 Å². The van der Waals surface area contributed by atoms with Crippen molar-refractivity contribution in [2.75, 3.05) is 0 Å². The molecule has 0 fully saturated rings. The number of dihydropyridines is 1. The van der Waals surface area contributed by atoms with E-state index in [1.54, 1.807) is 0 Å².